The van der Waals surface area contributed by atoms with E-state index in [2.05, 4.69) is 17.1 Å². The lowest BCUT2D eigenvalue weighted by molar-refractivity contribution is 0.232. The van der Waals surface area contributed by atoms with Gasteiger partial charge in [-0.15, -0.1) is 0 Å². The Kier molecular flexibility index (Phi) is 3.56. The van der Waals surface area contributed by atoms with Gasteiger partial charge in [0.15, 0.2) is 0 Å². The number of rotatable bonds is 2. The molecule has 0 atom stereocenters. The van der Waals surface area contributed by atoms with Crippen molar-refractivity contribution in [2.24, 2.45) is 0 Å². The lowest BCUT2D eigenvalue weighted by Crippen LogP contribution is -2.43. The molecular formula is C13H19FN2. The molecule has 0 spiro atoms. The number of hydrogen-bond acceptors (Lipinski definition) is 2. The van der Waals surface area contributed by atoms with Crippen molar-refractivity contribution in [3.63, 3.8) is 0 Å². The standard InChI is InChI=1S/C13H19FN2/c1-10-3-4-13(14)11(2)12(10)9-16-7-5-15-6-8-16/h3-4,15H,5-9H2,1-2H3. The quantitative estimate of drug-likeness (QED) is 0.821. The van der Waals surface area contributed by atoms with Gasteiger partial charge in [0, 0.05) is 32.7 Å². The molecule has 0 bridgehead atoms. The number of hydrogen-bond donors (Lipinski definition) is 1. The van der Waals surface area contributed by atoms with Crippen LogP contribution in [-0.2, 0) is 6.54 Å². The fourth-order valence-electron chi connectivity index (χ4n) is 2.20. The number of halogens is 1. The molecule has 0 aromatic heterocycles. The minimum Gasteiger partial charge on any atom is -0.314 e. The van der Waals surface area contributed by atoms with E-state index in [1.165, 1.54) is 5.56 Å². The lowest BCUT2D eigenvalue weighted by atomic mass is 10.0. The van der Waals surface area contributed by atoms with E-state index in [4.69, 9.17) is 0 Å². The third-order valence-corrected chi connectivity index (χ3v) is 3.36. The smallest absolute Gasteiger partial charge is 0.126 e. The highest BCUT2D eigenvalue weighted by Crippen LogP contribution is 2.19. The number of nitrogens with zero attached hydrogens (tertiary/aromatic N) is 1. The van der Waals surface area contributed by atoms with Crippen molar-refractivity contribution in [2.75, 3.05) is 26.2 Å². The summed E-state index contributed by atoms with van der Waals surface area (Å²) in [5.74, 6) is -0.0873. The minimum atomic E-state index is -0.0873. The second kappa shape index (κ2) is 4.93. The summed E-state index contributed by atoms with van der Waals surface area (Å²) in [6.45, 7) is 8.98. The summed E-state index contributed by atoms with van der Waals surface area (Å²) < 4.78 is 13.5. The molecule has 0 saturated carbocycles. The summed E-state index contributed by atoms with van der Waals surface area (Å²) in [7, 11) is 0. The van der Waals surface area contributed by atoms with Crippen LogP contribution in [0.25, 0.3) is 0 Å². The van der Waals surface area contributed by atoms with Crippen LogP contribution in [0.2, 0.25) is 0 Å². The third kappa shape index (κ3) is 2.42. The van der Waals surface area contributed by atoms with E-state index >= 15 is 0 Å². The molecule has 3 heteroatoms. The van der Waals surface area contributed by atoms with Crippen LogP contribution in [0.4, 0.5) is 4.39 Å². The maximum Gasteiger partial charge on any atom is 0.126 e. The molecule has 0 unspecified atom stereocenters. The monoisotopic (exact) mass is 222 g/mol. The first-order valence-corrected chi connectivity index (χ1v) is 5.86. The molecule has 1 saturated heterocycles. The maximum atomic E-state index is 13.5. The van der Waals surface area contributed by atoms with Gasteiger partial charge in [-0.05, 0) is 36.6 Å². The lowest BCUT2D eigenvalue weighted by Gasteiger charge is -2.28. The molecule has 1 heterocycles. The Bertz CT molecular complexity index is 370. The summed E-state index contributed by atoms with van der Waals surface area (Å²) in [5, 5.41) is 3.33. The molecule has 1 N–H and O–H groups in total. The van der Waals surface area contributed by atoms with Crippen LogP contribution in [0.15, 0.2) is 12.1 Å². The normalized spacial score (nSPS) is 17.7. The van der Waals surface area contributed by atoms with Gasteiger partial charge in [0.05, 0.1) is 0 Å². The minimum absolute atomic E-state index is 0.0873. The Morgan fingerprint density at radius 2 is 1.94 bits per heavy atom. The molecular weight excluding hydrogens is 203 g/mol. The van der Waals surface area contributed by atoms with Gasteiger partial charge in [0.2, 0.25) is 0 Å². The molecule has 1 fully saturated rings. The van der Waals surface area contributed by atoms with Crippen LogP contribution < -0.4 is 5.32 Å². The summed E-state index contributed by atoms with van der Waals surface area (Å²) >= 11 is 0. The molecule has 16 heavy (non-hydrogen) atoms. The first-order valence-electron chi connectivity index (χ1n) is 5.86. The maximum absolute atomic E-state index is 13.5. The number of aryl methyl sites for hydroxylation is 1. The third-order valence-electron chi connectivity index (χ3n) is 3.36. The van der Waals surface area contributed by atoms with Crippen LogP contribution in [-0.4, -0.2) is 31.1 Å². The predicted octanol–water partition coefficient (Wildman–Crippen LogP) is 1.85. The van der Waals surface area contributed by atoms with Crippen molar-refractivity contribution in [2.45, 2.75) is 20.4 Å². The zero-order valence-corrected chi connectivity index (χ0v) is 10.0. The molecule has 2 rings (SSSR count). The second-order valence-corrected chi connectivity index (χ2v) is 4.49. The first-order chi connectivity index (χ1) is 7.68. The van der Waals surface area contributed by atoms with Crippen LogP contribution in [0.5, 0.6) is 0 Å². The summed E-state index contributed by atoms with van der Waals surface area (Å²) in [6.07, 6.45) is 0. The summed E-state index contributed by atoms with van der Waals surface area (Å²) in [4.78, 5) is 2.38. The number of benzene rings is 1. The van der Waals surface area contributed by atoms with Gasteiger partial charge < -0.3 is 5.32 Å². The second-order valence-electron chi connectivity index (χ2n) is 4.49. The average molecular weight is 222 g/mol. The van der Waals surface area contributed by atoms with E-state index in [1.54, 1.807) is 6.07 Å². The fraction of sp³-hybridized carbons (Fsp3) is 0.538. The predicted molar refractivity (Wildman–Crippen MR) is 64.0 cm³/mol. The first kappa shape index (κ1) is 11.6. The van der Waals surface area contributed by atoms with Crippen molar-refractivity contribution in [3.8, 4) is 0 Å². The topological polar surface area (TPSA) is 15.3 Å². The van der Waals surface area contributed by atoms with Crippen molar-refractivity contribution >= 4 is 0 Å². The Labute approximate surface area is 96.5 Å². The van der Waals surface area contributed by atoms with Gasteiger partial charge in [-0.1, -0.05) is 6.07 Å². The molecule has 88 valence electrons. The highest BCUT2D eigenvalue weighted by molar-refractivity contribution is 5.34. The van der Waals surface area contributed by atoms with Crippen LogP contribution in [0.1, 0.15) is 16.7 Å². The van der Waals surface area contributed by atoms with Gasteiger partial charge in [0.1, 0.15) is 5.82 Å². The van der Waals surface area contributed by atoms with E-state index < -0.39 is 0 Å². The van der Waals surface area contributed by atoms with Crippen molar-refractivity contribution < 1.29 is 4.39 Å². The molecule has 2 nitrogen and oxygen atoms in total. The van der Waals surface area contributed by atoms with Gasteiger partial charge in [-0.2, -0.15) is 0 Å². The molecule has 0 amide bonds. The molecule has 1 aliphatic rings. The van der Waals surface area contributed by atoms with E-state index in [0.717, 1.165) is 43.9 Å². The Hall–Kier alpha value is -0.930. The van der Waals surface area contributed by atoms with E-state index in [-0.39, 0.29) is 5.82 Å². The molecule has 1 aromatic rings. The number of nitrogens with one attached hydrogen (secondary N) is 1. The van der Waals surface area contributed by atoms with Crippen LogP contribution in [0, 0.1) is 19.7 Å². The Morgan fingerprint density at radius 3 is 2.62 bits per heavy atom. The van der Waals surface area contributed by atoms with Gasteiger partial charge in [-0.3, -0.25) is 4.90 Å². The molecule has 1 aromatic carbocycles. The van der Waals surface area contributed by atoms with Crippen LogP contribution >= 0.6 is 0 Å². The molecule has 0 radical (unpaired) electrons. The van der Waals surface area contributed by atoms with Crippen molar-refractivity contribution in [3.05, 3.63) is 34.6 Å². The van der Waals surface area contributed by atoms with Crippen LogP contribution in [0.3, 0.4) is 0 Å². The Balaban J connectivity index is 2.16. The largest absolute Gasteiger partial charge is 0.314 e. The molecule has 1 aliphatic heterocycles. The average Bonchev–Trinajstić information content (AvgIpc) is 2.31. The zero-order valence-electron chi connectivity index (χ0n) is 10.0. The van der Waals surface area contributed by atoms with Crippen molar-refractivity contribution in [1.82, 2.24) is 10.2 Å². The zero-order chi connectivity index (χ0) is 11.5. The van der Waals surface area contributed by atoms with Gasteiger partial charge >= 0.3 is 0 Å². The summed E-state index contributed by atoms with van der Waals surface area (Å²) in [6, 6.07) is 3.44. The number of piperazine rings is 1. The fourth-order valence-corrected chi connectivity index (χ4v) is 2.20. The SMILES string of the molecule is Cc1ccc(F)c(C)c1CN1CCNCC1. The highest BCUT2D eigenvalue weighted by atomic mass is 19.1. The van der Waals surface area contributed by atoms with E-state index in [0.29, 0.717) is 0 Å². The van der Waals surface area contributed by atoms with E-state index in [9.17, 15) is 4.39 Å². The van der Waals surface area contributed by atoms with Gasteiger partial charge in [0.25, 0.3) is 0 Å². The highest BCUT2D eigenvalue weighted by Gasteiger charge is 2.14. The van der Waals surface area contributed by atoms with Crippen molar-refractivity contribution in [1.29, 1.82) is 0 Å². The Morgan fingerprint density at radius 1 is 1.25 bits per heavy atom. The van der Waals surface area contributed by atoms with E-state index in [1.807, 2.05) is 13.0 Å². The summed E-state index contributed by atoms with van der Waals surface area (Å²) in [5.41, 5.74) is 3.15. The van der Waals surface area contributed by atoms with Gasteiger partial charge in [-0.25, -0.2) is 4.39 Å². The molecule has 0 aliphatic carbocycles.